The van der Waals surface area contributed by atoms with Crippen molar-refractivity contribution in [1.82, 2.24) is 0 Å². The molecule has 0 aliphatic rings. The van der Waals surface area contributed by atoms with Crippen molar-refractivity contribution in [2.24, 2.45) is 0 Å². The highest BCUT2D eigenvalue weighted by Crippen LogP contribution is 1.90. The Balaban J connectivity index is 2.85. The van der Waals surface area contributed by atoms with Crippen molar-refractivity contribution in [3.8, 4) is 6.07 Å². The number of rotatable bonds is 2. The predicted molar refractivity (Wildman–Crippen MR) is 41.6 cm³/mol. The van der Waals surface area contributed by atoms with Crippen molar-refractivity contribution in [3.05, 3.63) is 30.1 Å². The summed E-state index contributed by atoms with van der Waals surface area (Å²) in [6.07, 6.45) is 4.94. The first-order chi connectivity index (χ1) is 5.36. The van der Waals surface area contributed by atoms with Crippen molar-refractivity contribution >= 4 is 0 Å². The molecule has 0 spiro atoms. The Morgan fingerprint density at radius 3 is 3.09 bits per heavy atom. The Bertz CT molecular complexity index is 273. The maximum absolute atomic E-state index is 8.57. The van der Waals surface area contributed by atoms with Crippen LogP contribution in [0.2, 0.25) is 0 Å². The Hall–Kier alpha value is -1.36. The fourth-order valence-electron chi connectivity index (χ4n) is 0.985. The molecule has 56 valence electrons. The van der Waals surface area contributed by atoms with E-state index in [2.05, 4.69) is 13.0 Å². The van der Waals surface area contributed by atoms with Crippen molar-refractivity contribution in [2.75, 3.05) is 0 Å². The monoisotopic (exact) mass is 147 g/mol. The van der Waals surface area contributed by atoms with Gasteiger partial charge in [-0.25, -0.2) is 4.57 Å². The molecule has 0 unspecified atom stereocenters. The lowest BCUT2D eigenvalue weighted by Crippen LogP contribution is -2.32. The van der Waals surface area contributed by atoms with Gasteiger partial charge in [0.2, 0.25) is 0 Å². The SMILES string of the molecule is CCC[n+]1cccc(C#N)c1. The standard InChI is InChI=1S/C9H11N2/c1-2-5-11-6-3-4-9(7-10)8-11/h3-4,6,8H,2,5H2,1H3/q+1. The minimum atomic E-state index is 0.723. The number of hydrogen-bond acceptors (Lipinski definition) is 1. The molecule has 1 rings (SSSR count). The lowest BCUT2D eigenvalue weighted by atomic mass is 10.3. The molecule has 1 aromatic rings. The summed E-state index contributed by atoms with van der Waals surface area (Å²) in [7, 11) is 0. The van der Waals surface area contributed by atoms with Gasteiger partial charge in [0.1, 0.15) is 18.2 Å². The fourth-order valence-corrected chi connectivity index (χ4v) is 0.985. The van der Waals surface area contributed by atoms with E-state index in [1.165, 1.54) is 0 Å². The molecule has 0 fully saturated rings. The summed E-state index contributed by atoms with van der Waals surface area (Å²) in [6.45, 7) is 3.10. The van der Waals surface area contributed by atoms with Crippen LogP contribution in [-0.4, -0.2) is 0 Å². The molecule has 0 aromatic carbocycles. The van der Waals surface area contributed by atoms with Gasteiger partial charge in [0.05, 0.1) is 0 Å². The lowest BCUT2D eigenvalue weighted by Gasteiger charge is -1.91. The third-order valence-corrected chi connectivity index (χ3v) is 1.47. The fraction of sp³-hybridized carbons (Fsp3) is 0.333. The first kappa shape index (κ1) is 7.74. The normalized spacial score (nSPS) is 9.09. The van der Waals surface area contributed by atoms with E-state index < -0.39 is 0 Å². The van der Waals surface area contributed by atoms with Crippen LogP contribution in [-0.2, 0) is 6.54 Å². The smallest absolute Gasteiger partial charge is 0.186 e. The van der Waals surface area contributed by atoms with Crippen molar-refractivity contribution in [2.45, 2.75) is 19.9 Å². The maximum atomic E-state index is 8.57. The zero-order valence-corrected chi connectivity index (χ0v) is 6.62. The van der Waals surface area contributed by atoms with E-state index in [4.69, 9.17) is 5.26 Å². The molecule has 0 saturated heterocycles. The molecular weight excluding hydrogens is 136 g/mol. The van der Waals surface area contributed by atoms with Crippen LogP contribution in [0, 0.1) is 11.3 Å². The van der Waals surface area contributed by atoms with Gasteiger partial charge in [-0.05, 0) is 6.07 Å². The van der Waals surface area contributed by atoms with E-state index in [1.807, 2.05) is 29.1 Å². The summed E-state index contributed by atoms with van der Waals surface area (Å²) in [5.74, 6) is 0. The minimum absolute atomic E-state index is 0.723. The zero-order valence-electron chi connectivity index (χ0n) is 6.62. The topological polar surface area (TPSA) is 27.7 Å². The third kappa shape index (κ3) is 2.05. The molecule has 1 aromatic heterocycles. The number of pyridine rings is 1. The lowest BCUT2D eigenvalue weighted by molar-refractivity contribution is -0.697. The summed E-state index contributed by atoms with van der Waals surface area (Å²) in [4.78, 5) is 0. The van der Waals surface area contributed by atoms with Crippen LogP contribution in [0.15, 0.2) is 24.5 Å². The van der Waals surface area contributed by atoms with Crippen molar-refractivity contribution < 1.29 is 4.57 Å². The molecule has 0 aliphatic carbocycles. The van der Waals surface area contributed by atoms with Crippen LogP contribution < -0.4 is 4.57 Å². The molecule has 11 heavy (non-hydrogen) atoms. The summed E-state index contributed by atoms with van der Waals surface area (Å²) < 4.78 is 2.03. The highest BCUT2D eigenvalue weighted by molar-refractivity contribution is 5.21. The Kier molecular flexibility index (Phi) is 2.62. The Morgan fingerprint density at radius 2 is 2.45 bits per heavy atom. The van der Waals surface area contributed by atoms with E-state index in [0.717, 1.165) is 18.5 Å². The highest BCUT2D eigenvalue weighted by Gasteiger charge is 1.98. The highest BCUT2D eigenvalue weighted by atomic mass is 14.9. The van der Waals surface area contributed by atoms with Crippen LogP contribution in [0.3, 0.4) is 0 Å². The molecule has 0 amide bonds. The molecule has 1 heterocycles. The largest absolute Gasteiger partial charge is 0.204 e. The molecule has 0 bridgehead atoms. The quantitative estimate of drug-likeness (QED) is 0.578. The van der Waals surface area contributed by atoms with Crippen LogP contribution >= 0.6 is 0 Å². The molecule has 0 atom stereocenters. The second kappa shape index (κ2) is 3.72. The maximum Gasteiger partial charge on any atom is 0.186 e. The molecule has 0 saturated carbocycles. The first-order valence-electron chi connectivity index (χ1n) is 3.76. The van der Waals surface area contributed by atoms with E-state index in [0.29, 0.717) is 0 Å². The number of aromatic nitrogens is 1. The second-order valence-electron chi connectivity index (χ2n) is 2.44. The predicted octanol–water partition coefficient (Wildman–Crippen LogP) is 1.26. The van der Waals surface area contributed by atoms with Gasteiger partial charge in [0.25, 0.3) is 0 Å². The average molecular weight is 147 g/mol. The third-order valence-electron chi connectivity index (χ3n) is 1.47. The number of hydrogen-bond donors (Lipinski definition) is 0. The van der Waals surface area contributed by atoms with Gasteiger partial charge in [0, 0.05) is 12.5 Å². The van der Waals surface area contributed by atoms with Gasteiger partial charge in [-0.2, -0.15) is 5.26 Å². The van der Waals surface area contributed by atoms with E-state index in [-0.39, 0.29) is 0 Å². The molecular formula is C9H11N2+. The zero-order chi connectivity index (χ0) is 8.10. The van der Waals surface area contributed by atoms with Crippen molar-refractivity contribution in [1.29, 1.82) is 5.26 Å². The van der Waals surface area contributed by atoms with Crippen LogP contribution in [0.25, 0.3) is 0 Å². The first-order valence-corrected chi connectivity index (χ1v) is 3.76. The molecule has 0 radical (unpaired) electrons. The van der Waals surface area contributed by atoms with E-state index >= 15 is 0 Å². The van der Waals surface area contributed by atoms with Gasteiger partial charge < -0.3 is 0 Å². The van der Waals surface area contributed by atoms with E-state index in [1.54, 1.807) is 0 Å². The van der Waals surface area contributed by atoms with Crippen molar-refractivity contribution in [3.63, 3.8) is 0 Å². The summed E-state index contributed by atoms with van der Waals surface area (Å²) in [6, 6.07) is 5.81. The van der Waals surface area contributed by atoms with Crippen LogP contribution in [0.1, 0.15) is 18.9 Å². The van der Waals surface area contributed by atoms with E-state index in [9.17, 15) is 0 Å². The molecule has 2 nitrogen and oxygen atoms in total. The summed E-state index contributed by atoms with van der Waals surface area (Å²) >= 11 is 0. The Morgan fingerprint density at radius 1 is 1.64 bits per heavy atom. The number of nitriles is 1. The average Bonchev–Trinajstić information content (AvgIpc) is 2.06. The van der Waals surface area contributed by atoms with Gasteiger partial charge in [-0.15, -0.1) is 0 Å². The minimum Gasteiger partial charge on any atom is -0.204 e. The number of aryl methyl sites for hydroxylation is 1. The van der Waals surface area contributed by atoms with Crippen LogP contribution in [0.5, 0.6) is 0 Å². The summed E-state index contributed by atoms with van der Waals surface area (Å²) in [5.41, 5.74) is 0.723. The summed E-state index contributed by atoms with van der Waals surface area (Å²) in [5, 5.41) is 8.57. The van der Waals surface area contributed by atoms with Gasteiger partial charge in [-0.1, -0.05) is 6.92 Å². The second-order valence-corrected chi connectivity index (χ2v) is 2.44. The molecule has 0 aliphatic heterocycles. The van der Waals surface area contributed by atoms with Gasteiger partial charge in [0.15, 0.2) is 12.4 Å². The van der Waals surface area contributed by atoms with Gasteiger partial charge >= 0.3 is 0 Å². The number of nitrogens with zero attached hydrogens (tertiary/aromatic N) is 2. The van der Waals surface area contributed by atoms with Crippen LogP contribution in [0.4, 0.5) is 0 Å². The van der Waals surface area contributed by atoms with Gasteiger partial charge in [-0.3, -0.25) is 0 Å². The molecule has 0 N–H and O–H groups in total. The Labute approximate surface area is 66.7 Å². The molecule has 2 heteroatoms.